The molecule has 0 spiro atoms. The molecule has 1 fully saturated rings. The summed E-state index contributed by atoms with van der Waals surface area (Å²) in [5.41, 5.74) is 6.46. The van der Waals surface area contributed by atoms with Gasteiger partial charge in [-0.05, 0) is 18.4 Å². The van der Waals surface area contributed by atoms with Gasteiger partial charge in [-0.3, -0.25) is 9.59 Å². The highest BCUT2D eigenvalue weighted by Crippen LogP contribution is 2.30. The van der Waals surface area contributed by atoms with E-state index < -0.39 is 55.7 Å². The number of ether oxygens (including phenoxy) is 2. The molecule has 1 aromatic carbocycles. The first-order chi connectivity index (χ1) is 27.8. The van der Waals surface area contributed by atoms with Crippen molar-refractivity contribution in [1.29, 1.82) is 0 Å². The summed E-state index contributed by atoms with van der Waals surface area (Å²) in [5, 5.41) is 32.7. The first-order valence-corrected chi connectivity index (χ1v) is 22.9. The number of rotatable bonds is 33. The maximum Gasteiger partial charge on any atom is 0.417 e. The van der Waals surface area contributed by atoms with Crippen LogP contribution in [0.5, 0.6) is 0 Å². The summed E-state index contributed by atoms with van der Waals surface area (Å²) in [4.78, 5) is 43.3. The van der Waals surface area contributed by atoms with Crippen LogP contribution in [0.3, 0.4) is 0 Å². The Morgan fingerprint density at radius 1 is 0.649 bits per heavy atom. The highest BCUT2D eigenvalue weighted by molar-refractivity contribution is 5.93. The van der Waals surface area contributed by atoms with Crippen LogP contribution in [0.4, 0.5) is 4.79 Å². The number of imide groups is 1. The van der Waals surface area contributed by atoms with E-state index in [1.165, 1.54) is 114 Å². The van der Waals surface area contributed by atoms with Gasteiger partial charge in [0.2, 0.25) is 11.8 Å². The van der Waals surface area contributed by atoms with Gasteiger partial charge in [0, 0.05) is 13.0 Å². The van der Waals surface area contributed by atoms with Crippen molar-refractivity contribution in [2.75, 3.05) is 19.7 Å². The number of hydrogen-bond donors (Lipinski definition) is 4. The Hall–Kier alpha value is -2.57. The van der Waals surface area contributed by atoms with Crippen LogP contribution < -0.4 is 5.73 Å². The second-order valence-electron chi connectivity index (χ2n) is 16.2. The van der Waals surface area contributed by atoms with E-state index in [9.17, 15) is 29.7 Å². The Bertz CT molecular complexity index is 1170. The van der Waals surface area contributed by atoms with E-state index in [4.69, 9.17) is 15.2 Å². The number of aliphatic hydroxyl groups excluding tert-OH is 3. The Kier molecular flexibility index (Phi) is 28.7. The minimum absolute atomic E-state index is 0.148. The quantitative estimate of drug-likeness (QED) is 0.0508. The summed E-state index contributed by atoms with van der Waals surface area (Å²) in [6, 6.07) is 7.43. The zero-order valence-electron chi connectivity index (χ0n) is 35.8. The van der Waals surface area contributed by atoms with Gasteiger partial charge in [0.15, 0.2) is 6.23 Å². The average Bonchev–Trinajstić information content (AvgIpc) is 3.22. The molecule has 3 amide bonds. The lowest BCUT2D eigenvalue weighted by Gasteiger charge is -2.49. The minimum Gasteiger partial charge on any atom is -0.444 e. The van der Waals surface area contributed by atoms with E-state index in [1.807, 2.05) is 6.07 Å². The summed E-state index contributed by atoms with van der Waals surface area (Å²) < 4.78 is 11.7. The molecule has 1 heterocycles. The van der Waals surface area contributed by atoms with E-state index in [0.29, 0.717) is 23.3 Å². The van der Waals surface area contributed by atoms with Crippen molar-refractivity contribution in [3.8, 4) is 0 Å². The van der Waals surface area contributed by atoms with E-state index in [1.54, 1.807) is 24.3 Å². The number of carbonyl (C=O) groups is 3. The van der Waals surface area contributed by atoms with Crippen LogP contribution in [0.25, 0.3) is 0 Å². The van der Waals surface area contributed by atoms with Crippen LogP contribution in [0.2, 0.25) is 0 Å². The molecule has 0 bridgehead atoms. The van der Waals surface area contributed by atoms with E-state index in [2.05, 4.69) is 13.8 Å². The van der Waals surface area contributed by atoms with E-state index in [-0.39, 0.29) is 25.5 Å². The molecule has 11 nitrogen and oxygen atoms in total. The maximum atomic E-state index is 14.1. The van der Waals surface area contributed by atoms with Gasteiger partial charge in [-0.15, -0.1) is 0 Å². The number of nitrogens with two attached hydrogens (primary N) is 1. The average molecular weight is 804 g/mol. The molecule has 328 valence electrons. The van der Waals surface area contributed by atoms with Gasteiger partial charge in [-0.25, -0.2) is 9.69 Å². The molecule has 5 atom stereocenters. The monoisotopic (exact) mass is 804 g/mol. The van der Waals surface area contributed by atoms with Crippen molar-refractivity contribution in [2.24, 2.45) is 5.73 Å². The molecule has 2 rings (SSSR count). The predicted octanol–water partition coefficient (Wildman–Crippen LogP) is 8.93. The predicted molar refractivity (Wildman–Crippen MR) is 227 cm³/mol. The fraction of sp³-hybridized carbons (Fsp3) is 0.804. The van der Waals surface area contributed by atoms with Crippen molar-refractivity contribution in [2.45, 2.75) is 218 Å². The maximum absolute atomic E-state index is 14.1. The SMILES string of the molecule is CCCCCCCCCCCCCCCCCCN(C(=O)CCCCCCCCCCC)[C@@H]1O[C@H](CO)[C@H](O)[C@H](O)[C@H]1N(C(=O)CN)C(=O)OCc1ccccc1. The largest absolute Gasteiger partial charge is 0.444 e. The van der Waals surface area contributed by atoms with Gasteiger partial charge in [0.1, 0.15) is 31.0 Å². The van der Waals surface area contributed by atoms with Crippen molar-refractivity contribution < 1.29 is 39.2 Å². The summed E-state index contributed by atoms with van der Waals surface area (Å²) in [6.07, 6.45) is 22.4. The molecule has 0 aliphatic carbocycles. The fourth-order valence-electron chi connectivity index (χ4n) is 7.85. The Labute approximate surface area is 345 Å². The van der Waals surface area contributed by atoms with Gasteiger partial charge in [0.25, 0.3) is 0 Å². The molecule has 57 heavy (non-hydrogen) atoms. The second kappa shape index (κ2) is 32.3. The summed E-state index contributed by atoms with van der Waals surface area (Å²) in [7, 11) is 0. The number of unbranched alkanes of at least 4 members (excludes halogenated alkanes) is 23. The molecule has 0 aromatic heterocycles. The molecule has 5 N–H and O–H groups in total. The lowest BCUT2D eigenvalue weighted by Crippen LogP contribution is -2.70. The molecule has 0 radical (unpaired) electrons. The molecule has 1 aromatic rings. The van der Waals surface area contributed by atoms with Crippen molar-refractivity contribution in [1.82, 2.24) is 9.80 Å². The smallest absolute Gasteiger partial charge is 0.417 e. The highest BCUT2D eigenvalue weighted by Gasteiger charge is 2.53. The van der Waals surface area contributed by atoms with E-state index in [0.717, 1.165) is 38.5 Å². The molecule has 1 aliphatic heterocycles. The zero-order chi connectivity index (χ0) is 41.5. The number of benzene rings is 1. The zero-order valence-corrected chi connectivity index (χ0v) is 35.8. The Balaban J connectivity index is 2.08. The topological polar surface area (TPSA) is 163 Å². The van der Waals surface area contributed by atoms with Crippen molar-refractivity contribution >= 4 is 17.9 Å². The van der Waals surface area contributed by atoms with Crippen molar-refractivity contribution in [3.05, 3.63) is 35.9 Å². The number of carbonyl (C=O) groups excluding carboxylic acids is 3. The minimum atomic E-state index is -1.74. The summed E-state index contributed by atoms with van der Waals surface area (Å²) >= 11 is 0. The van der Waals surface area contributed by atoms with E-state index >= 15 is 0 Å². The number of nitrogens with zero attached hydrogens (tertiary/aromatic N) is 2. The highest BCUT2D eigenvalue weighted by atomic mass is 16.6. The van der Waals surface area contributed by atoms with Gasteiger partial charge in [-0.2, -0.15) is 0 Å². The third kappa shape index (κ3) is 20.3. The van der Waals surface area contributed by atoms with Crippen LogP contribution in [0, 0.1) is 0 Å². The molecule has 11 heteroatoms. The van der Waals surface area contributed by atoms with Crippen LogP contribution >= 0.6 is 0 Å². The first-order valence-electron chi connectivity index (χ1n) is 22.9. The number of hydrogen-bond acceptors (Lipinski definition) is 9. The fourth-order valence-corrected chi connectivity index (χ4v) is 7.85. The van der Waals surface area contributed by atoms with Gasteiger partial charge in [-0.1, -0.05) is 192 Å². The molecule has 1 saturated heterocycles. The molecule has 0 saturated carbocycles. The Morgan fingerprint density at radius 2 is 1.11 bits per heavy atom. The van der Waals surface area contributed by atoms with Gasteiger partial charge in [0.05, 0.1) is 13.2 Å². The van der Waals surface area contributed by atoms with Crippen LogP contribution in [0.1, 0.15) is 186 Å². The van der Waals surface area contributed by atoms with Crippen LogP contribution in [-0.4, -0.2) is 93.3 Å². The van der Waals surface area contributed by atoms with Gasteiger partial charge < -0.3 is 35.4 Å². The molecule has 1 aliphatic rings. The molecular formula is C46H81N3O8. The summed E-state index contributed by atoms with van der Waals surface area (Å²) in [6.45, 7) is 3.36. The van der Waals surface area contributed by atoms with Crippen molar-refractivity contribution in [3.63, 3.8) is 0 Å². The molecule has 0 unspecified atom stereocenters. The normalized spacial score (nSPS) is 19.4. The van der Waals surface area contributed by atoms with Gasteiger partial charge >= 0.3 is 6.09 Å². The lowest BCUT2D eigenvalue weighted by atomic mass is 9.93. The first kappa shape index (κ1) is 50.6. The summed E-state index contributed by atoms with van der Waals surface area (Å²) in [5.74, 6) is -1.08. The lowest BCUT2D eigenvalue weighted by molar-refractivity contribution is -0.244. The van der Waals surface area contributed by atoms with Crippen LogP contribution in [-0.2, 0) is 25.7 Å². The third-order valence-corrected chi connectivity index (χ3v) is 11.4. The third-order valence-electron chi connectivity index (χ3n) is 11.4. The second-order valence-corrected chi connectivity index (χ2v) is 16.2. The standard InChI is InChI=1S/C46H81N3O8/c1-3-5-7-9-11-13-14-15-16-17-18-19-21-23-25-30-34-48(40(51)33-29-24-22-20-12-10-8-6-4-2)45-42(44(54)43(53)39(36-50)57-45)49(41(52)35-47)46(55)56-37-38-31-27-26-28-32-38/h26-28,31-32,39,42-45,50,53-54H,3-25,29-30,33-37,47H2,1-2H3/t39-,42-,43+,44-,45-/m1/s1. The number of amides is 3. The number of aliphatic hydroxyl groups is 3. The molecular weight excluding hydrogens is 723 g/mol. The van der Waals surface area contributed by atoms with Crippen LogP contribution in [0.15, 0.2) is 30.3 Å². The Morgan fingerprint density at radius 3 is 1.56 bits per heavy atom.